The molecule has 1 aliphatic rings. The first-order valence-electron chi connectivity index (χ1n) is 4.43. The summed E-state index contributed by atoms with van der Waals surface area (Å²) < 4.78 is 4.73. The normalized spacial score (nSPS) is 31.6. The quantitative estimate of drug-likeness (QED) is 0.549. The molecule has 0 saturated carbocycles. The van der Waals surface area contributed by atoms with E-state index in [1.165, 1.54) is 13.5 Å². The van der Waals surface area contributed by atoms with E-state index in [-0.39, 0.29) is 12.0 Å². The fraction of sp³-hybridized carbons (Fsp3) is 0.889. The van der Waals surface area contributed by atoms with E-state index < -0.39 is 0 Å². The van der Waals surface area contributed by atoms with Crippen molar-refractivity contribution in [3.05, 3.63) is 0 Å². The maximum Gasteiger partial charge on any atom is 0.323 e. The lowest BCUT2D eigenvalue weighted by molar-refractivity contribution is -0.148. The second-order valence-electron chi connectivity index (χ2n) is 3.65. The van der Waals surface area contributed by atoms with E-state index in [1.54, 1.807) is 0 Å². The van der Waals surface area contributed by atoms with Gasteiger partial charge in [0.1, 0.15) is 6.04 Å². The van der Waals surface area contributed by atoms with Crippen molar-refractivity contribution >= 4 is 5.97 Å². The number of hydrogen-bond acceptors (Lipinski definition) is 3. The summed E-state index contributed by atoms with van der Waals surface area (Å²) in [6, 6.07) is -0.0150. The molecule has 1 heterocycles. The van der Waals surface area contributed by atoms with Gasteiger partial charge in [-0.25, -0.2) is 0 Å². The van der Waals surface area contributed by atoms with Crippen molar-refractivity contribution in [1.29, 1.82) is 0 Å². The first-order chi connectivity index (χ1) is 5.65. The Labute approximate surface area is 73.7 Å². The van der Waals surface area contributed by atoms with Crippen molar-refractivity contribution in [2.75, 3.05) is 20.7 Å². The lowest BCUT2D eigenvalue weighted by Gasteiger charge is -2.33. The summed E-state index contributed by atoms with van der Waals surface area (Å²) in [5.74, 6) is 0.550. The van der Waals surface area contributed by atoms with Gasteiger partial charge in [0.25, 0.3) is 0 Å². The van der Waals surface area contributed by atoms with Crippen molar-refractivity contribution in [1.82, 2.24) is 4.90 Å². The van der Waals surface area contributed by atoms with Crippen molar-refractivity contribution in [2.24, 2.45) is 5.92 Å². The number of nitrogens with zero attached hydrogens (tertiary/aromatic N) is 1. The standard InChI is InChI=1S/C9H17NO2/c1-7-4-5-10(2)8(6-7)9(11)12-3/h7-8H,4-6H2,1-3H3. The molecule has 1 rings (SSSR count). The predicted molar refractivity (Wildman–Crippen MR) is 46.8 cm³/mol. The number of esters is 1. The summed E-state index contributed by atoms with van der Waals surface area (Å²) in [5.41, 5.74) is 0. The smallest absolute Gasteiger partial charge is 0.323 e. The first-order valence-corrected chi connectivity index (χ1v) is 4.43. The van der Waals surface area contributed by atoms with Crippen molar-refractivity contribution in [2.45, 2.75) is 25.8 Å². The van der Waals surface area contributed by atoms with Gasteiger partial charge in [-0.05, 0) is 32.4 Å². The van der Waals surface area contributed by atoms with E-state index in [9.17, 15) is 4.79 Å². The lowest BCUT2D eigenvalue weighted by Crippen LogP contribution is -2.44. The number of ether oxygens (including phenoxy) is 1. The molecule has 0 aliphatic carbocycles. The van der Waals surface area contributed by atoms with Gasteiger partial charge < -0.3 is 4.74 Å². The zero-order valence-corrected chi connectivity index (χ0v) is 8.04. The molecule has 0 aromatic rings. The highest BCUT2D eigenvalue weighted by Crippen LogP contribution is 2.21. The molecule has 0 aromatic heterocycles. The molecule has 0 N–H and O–H groups in total. The number of carbonyl (C=O) groups is 1. The molecular formula is C9H17NO2. The summed E-state index contributed by atoms with van der Waals surface area (Å²) in [7, 11) is 3.43. The summed E-state index contributed by atoms with van der Waals surface area (Å²) in [4.78, 5) is 13.3. The molecule has 70 valence electrons. The monoisotopic (exact) mass is 171 g/mol. The molecule has 1 saturated heterocycles. The average molecular weight is 171 g/mol. The van der Waals surface area contributed by atoms with Crippen LogP contribution in [0.25, 0.3) is 0 Å². The molecule has 0 spiro atoms. The highest BCUT2D eigenvalue weighted by Gasteiger charge is 2.29. The fourth-order valence-electron chi connectivity index (χ4n) is 1.67. The maximum absolute atomic E-state index is 11.3. The molecule has 0 aromatic carbocycles. The van der Waals surface area contributed by atoms with Gasteiger partial charge in [0, 0.05) is 0 Å². The lowest BCUT2D eigenvalue weighted by atomic mass is 9.93. The zero-order chi connectivity index (χ0) is 9.14. The second-order valence-corrected chi connectivity index (χ2v) is 3.65. The minimum atomic E-state index is -0.0935. The third-order valence-corrected chi connectivity index (χ3v) is 2.61. The molecule has 0 bridgehead atoms. The molecule has 3 nitrogen and oxygen atoms in total. The number of rotatable bonds is 1. The fourth-order valence-corrected chi connectivity index (χ4v) is 1.67. The summed E-state index contributed by atoms with van der Waals surface area (Å²) >= 11 is 0. The number of carbonyl (C=O) groups excluding carboxylic acids is 1. The van der Waals surface area contributed by atoms with Gasteiger partial charge in [0.05, 0.1) is 7.11 Å². The Hall–Kier alpha value is -0.570. The Kier molecular flexibility index (Phi) is 3.09. The summed E-state index contributed by atoms with van der Waals surface area (Å²) in [5, 5.41) is 0. The number of hydrogen-bond donors (Lipinski definition) is 0. The SMILES string of the molecule is COC(=O)C1CC(C)CCN1C. The van der Waals surface area contributed by atoms with Crippen molar-refractivity contribution in [3.63, 3.8) is 0 Å². The molecule has 1 aliphatic heterocycles. The Morgan fingerprint density at radius 2 is 2.25 bits per heavy atom. The van der Waals surface area contributed by atoms with Crippen LogP contribution in [-0.4, -0.2) is 37.6 Å². The molecule has 0 amide bonds. The van der Waals surface area contributed by atoms with Crippen LogP contribution in [0.3, 0.4) is 0 Å². The highest BCUT2D eigenvalue weighted by molar-refractivity contribution is 5.75. The van der Waals surface area contributed by atoms with Crippen molar-refractivity contribution < 1.29 is 9.53 Å². The maximum atomic E-state index is 11.3. The highest BCUT2D eigenvalue weighted by atomic mass is 16.5. The third-order valence-electron chi connectivity index (χ3n) is 2.61. The van der Waals surface area contributed by atoms with E-state index in [0.717, 1.165) is 13.0 Å². The van der Waals surface area contributed by atoms with E-state index >= 15 is 0 Å². The molecule has 0 radical (unpaired) electrons. The van der Waals surface area contributed by atoms with E-state index in [2.05, 4.69) is 11.8 Å². The van der Waals surface area contributed by atoms with Crippen LogP contribution in [0.2, 0.25) is 0 Å². The number of methoxy groups -OCH3 is 1. The Morgan fingerprint density at radius 3 is 2.83 bits per heavy atom. The van der Waals surface area contributed by atoms with Crippen LogP contribution >= 0.6 is 0 Å². The van der Waals surface area contributed by atoms with Crippen LogP contribution in [0.1, 0.15) is 19.8 Å². The van der Waals surface area contributed by atoms with E-state index in [1.807, 2.05) is 7.05 Å². The average Bonchev–Trinajstić information content (AvgIpc) is 2.08. The summed E-state index contributed by atoms with van der Waals surface area (Å²) in [6.45, 7) is 3.18. The summed E-state index contributed by atoms with van der Waals surface area (Å²) in [6.07, 6.45) is 2.12. The molecule has 2 unspecified atom stereocenters. The second kappa shape index (κ2) is 3.90. The van der Waals surface area contributed by atoms with Gasteiger partial charge in [-0.15, -0.1) is 0 Å². The molecule has 1 fully saturated rings. The number of piperidine rings is 1. The van der Waals surface area contributed by atoms with Gasteiger partial charge in [-0.2, -0.15) is 0 Å². The largest absolute Gasteiger partial charge is 0.468 e. The Balaban J connectivity index is 2.54. The zero-order valence-electron chi connectivity index (χ0n) is 8.04. The minimum absolute atomic E-state index is 0.0150. The van der Waals surface area contributed by atoms with Crippen LogP contribution < -0.4 is 0 Å². The van der Waals surface area contributed by atoms with Crippen LogP contribution in [-0.2, 0) is 9.53 Å². The Morgan fingerprint density at radius 1 is 1.58 bits per heavy atom. The number of likely N-dealkylation sites (tertiary alicyclic amines) is 1. The first kappa shape index (κ1) is 9.52. The van der Waals surface area contributed by atoms with Crippen LogP contribution in [0.15, 0.2) is 0 Å². The van der Waals surface area contributed by atoms with Crippen LogP contribution in [0.4, 0.5) is 0 Å². The van der Waals surface area contributed by atoms with Gasteiger partial charge in [0.15, 0.2) is 0 Å². The Bertz CT molecular complexity index is 170. The minimum Gasteiger partial charge on any atom is -0.468 e. The van der Waals surface area contributed by atoms with Crippen LogP contribution in [0, 0.1) is 5.92 Å². The van der Waals surface area contributed by atoms with Gasteiger partial charge >= 0.3 is 5.97 Å². The molecule has 2 atom stereocenters. The van der Waals surface area contributed by atoms with Gasteiger partial charge in [-0.3, -0.25) is 9.69 Å². The molecular weight excluding hydrogens is 154 g/mol. The third kappa shape index (κ3) is 1.97. The van der Waals surface area contributed by atoms with E-state index in [4.69, 9.17) is 4.74 Å². The topological polar surface area (TPSA) is 29.5 Å². The van der Waals surface area contributed by atoms with Gasteiger partial charge in [-0.1, -0.05) is 6.92 Å². The van der Waals surface area contributed by atoms with E-state index in [0.29, 0.717) is 5.92 Å². The predicted octanol–water partition coefficient (Wildman–Crippen LogP) is 0.890. The van der Waals surface area contributed by atoms with Crippen LogP contribution in [0.5, 0.6) is 0 Å². The molecule has 12 heavy (non-hydrogen) atoms. The number of likely N-dealkylation sites (N-methyl/N-ethyl adjacent to an activating group) is 1. The molecule has 3 heteroatoms. The van der Waals surface area contributed by atoms with Crippen molar-refractivity contribution in [3.8, 4) is 0 Å². The van der Waals surface area contributed by atoms with Gasteiger partial charge in [0.2, 0.25) is 0 Å².